The van der Waals surface area contributed by atoms with Gasteiger partial charge in [-0.2, -0.15) is 0 Å². The van der Waals surface area contributed by atoms with Crippen LogP contribution in [0, 0.1) is 23.6 Å². The number of ether oxygens (including phenoxy) is 1. The maximum Gasteiger partial charge on any atom is 0.166 e. The molecule has 2 nitrogen and oxygen atoms in total. The first-order valence-corrected chi connectivity index (χ1v) is 11.5. The number of hydrogen-bond acceptors (Lipinski definition) is 2. The van der Waals surface area contributed by atoms with E-state index < -0.39 is 0 Å². The molecule has 0 N–H and O–H groups in total. The molecule has 1 aliphatic rings. The molecule has 1 aliphatic carbocycles. The number of unbranched alkanes of at least 4 members (excludes halogenated alkanes) is 1. The van der Waals surface area contributed by atoms with Crippen molar-refractivity contribution in [3.8, 4) is 17.6 Å². The molecule has 1 saturated carbocycles. The summed E-state index contributed by atoms with van der Waals surface area (Å²) in [6.45, 7) is 6.44. The van der Waals surface area contributed by atoms with Gasteiger partial charge in [0.15, 0.2) is 11.6 Å². The van der Waals surface area contributed by atoms with E-state index in [1.807, 2.05) is 25.0 Å². The van der Waals surface area contributed by atoms with Crippen LogP contribution in [-0.4, -0.2) is 12.9 Å². The first kappa shape index (κ1) is 24.7. The smallest absolute Gasteiger partial charge is 0.166 e. The number of benzene rings is 2. The molecule has 0 spiro atoms. The summed E-state index contributed by atoms with van der Waals surface area (Å²) >= 11 is 0. The molecule has 1 fully saturated rings. The van der Waals surface area contributed by atoms with Crippen molar-refractivity contribution in [2.45, 2.75) is 77.7 Å². The summed E-state index contributed by atoms with van der Waals surface area (Å²) in [4.78, 5) is 8.00. The highest BCUT2D eigenvalue weighted by atomic mass is 19.1. The molecule has 0 aromatic heterocycles. The van der Waals surface area contributed by atoms with E-state index in [0.717, 1.165) is 30.7 Å². The molecule has 2 aromatic carbocycles. The van der Waals surface area contributed by atoms with Gasteiger partial charge in [0.25, 0.3) is 0 Å². The van der Waals surface area contributed by atoms with Gasteiger partial charge in [0.1, 0.15) is 6.79 Å². The molecule has 2 aromatic rings. The second-order valence-corrected chi connectivity index (χ2v) is 8.24. The zero-order valence-electron chi connectivity index (χ0n) is 19.0. The Morgan fingerprint density at radius 1 is 0.935 bits per heavy atom. The summed E-state index contributed by atoms with van der Waals surface area (Å²) in [7, 11) is 0. The van der Waals surface area contributed by atoms with Gasteiger partial charge in [0.05, 0.1) is 6.10 Å². The average Bonchev–Trinajstić information content (AvgIpc) is 2.81. The Morgan fingerprint density at radius 3 is 2.19 bits per heavy atom. The summed E-state index contributed by atoms with van der Waals surface area (Å²) in [5.41, 5.74) is 2.97. The van der Waals surface area contributed by atoms with Crippen molar-refractivity contribution >= 4 is 6.79 Å². The van der Waals surface area contributed by atoms with Gasteiger partial charge in [-0.05, 0) is 80.3 Å². The zero-order chi connectivity index (χ0) is 22.5. The Bertz CT molecular complexity index is 840. The quantitative estimate of drug-likeness (QED) is 0.444. The van der Waals surface area contributed by atoms with Crippen LogP contribution in [0.25, 0.3) is 0 Å². The Balaban J connectivity index is 0.00000166. The third-order valence-corrected chi connectivity index (χ3v) is 5.84. The van der Waals surface area contributed by atoms with Crippen LogP contribution in [0.2, 0.25) is 0 Å². The van der Waals surface area contributed by atoms with Gasteiger partial charge in [-0.25, -0.2) is 4.39 Å². The maximum absolute atomic E-state index is 14.5. The minimum absolute atomic E-state index is 0.140. The number of hydrogen-bond donors (Lipinski definition) is 0. The van der Waals surface area contributed by atoms with Gasteiger partial charge in [-0.15, -0.1) is 0 Å². The molecule has 0 bridgehead atoms. The minimum atomic E-state index is -0.317. The molecule has 0 saturated heterocycles. The van der Waals surface area contributed by atoms with Crippen molar-refractivity contribution in [3.05, 3.63) is 65.0 Å². The van der Waals surface area contributed by atoms with Crippen LogP contribution in [-0.2, 0) is 11.2 Å². The first-order chi connectivity index (χ1) is 15.2. The van der Waals surface area contributed by atoms with Gasteiger partial charge in [-0.1, -0.05) is 57.1 Å². The summed E-state index contributed by atoms with van der Waals surface area (Å²) in [6.07, 6.45) is 10.7. The number of carbonyl (C=O) groups is 1. The number of rotatable bonds is 7. The van der Waals surface area contributed by atoms with E-state index in [1.165, 1.54) is 50.2 Å². The van der Waals surface area contributed by atoms with E-state index in [1.54, 1.807) is 6.07 Å². The topological polar surface area (TPSA) is 26.3 Å². The molecule has 3 heteroatoms. The minimum Gasteiger partial charge on any atom is -0.487 e. The molecular weight excluding hydrogens is 387 g/mol. The third kappa shape index (κ3) is 8.21. The van der Waals surface area contributed by atoms with E-state index in [9.17, 15) is 4.39 Å². The molecule has 0 radical (unpaired) electrons. The highest BCUT2D eigenvalue weighted by Crippen LogP contribution is 2.31. The van der Waals surface area contributed by atoms with Crippen LogP contribution < -0.4 is 4.74 Å². The van der Waals surface area contributed by atoms with Gasteiger partial charge in [0, 0.05) is 11.1 Å². The van der Waals surface area contributed by atoms with Crippen molar-refractivity contribution in [1.82, 2.24) is 0 Å². The maximum atomic E-state index is 14.5. The van der Waals surface area contributed by atoms with E-state index in [0.29, 0.717) is 11.3 Å². The fraction of sp³-hybridized carbons (Fsp3) is 0.464. The lowest BCUT2D eigenvalue weighted by molar-refractivity contribution is -0.0979. The normalized spacial score (nSPS) is 17.6. The molecule has 0 atom stereocenters. The fourth-order valence-corrected chi connectivity index (χ4v) is 4.08. The largest absolute Gasteiger partial charge is 0.487 e. The average molecular weight is 423 g/mol. The molecule has 0 aliphatic heterocycles. The van der Waals surface area contributed by atoms with E-state index in [2.05, 4.69) is 37.8 Å². The zero-order valence-corrected chi connectivity index (χ0v) is 19.0. The molecule has 31 heavy (non-hydrogen) atoms. The van der Waals surface area contributed by atoms with Crippen molar-refractivity contribution in [2.24, 2.45) is 5.92 Å². The summed E-state index contributed by atoms with van der Waals surface area (Å²) in [5, 5.41) is 0. The van der Waals surface area contributed by atoms with Gasteiger partial charge < -0.3 is 9.53 Å². The number of halogens is 1. The molecule has 3 rings (SSSR count). The van der Waals surface area contributed by atoms with Gasteiger partial charge in [0.2, 0.25) is 0 Å². The lowest BCUT2D eigenvalue weighted by Crippen LogP contribution is -2.24. The Hall–Kier alpha value is -2.60. The fourth-order valence-electron chi connectivity index (χ4n) is 4.08. The van der Waals surface area contributed by atoms with Crippen LogP contribution in [0.1, 0.15) is 81.9 Å². The predicted octanol–water partition coefficient (Wildman–Crippen LogP) is 7.12. The van der Waals surface area contributed by atoms with Crippen LogP contribution in [0.4, 0.5) is 4.39 Å². The van der Waals surface area contributed by atoms with Crippen molar-refractivity contribution in [3.63, 3.8) is 0 Å². The summed E-state index contributed by atoms with van der Waals surface area (Å²) < 4.78 is 20.5. The van der Waals surface area contributed by atoms with Crippen LogP contribution >= 0.6 is 0 Å². The van der Waals surface area contributed by atoms with Crippen LogP contribution in [0.5, 0.6) is 5.75 Å². The molecule has 0 heterocycles. The molecular formula is C28H35FO2. The number of carbonyl (C=O) groups excluding carboxylic acids is 1. The number of aryl methyl sites for hydroxylation is 1. The lowest BCUT2D eigenvalue weighted by Gasteiger charge is -2.28. The van der Waals surface area contributed by atoms with Gasteiger partial charge in [-0.3, -0.25) is 0 Å². The summed E-state index contributed by atoms with van der Waals surface area (Å²) in [5.74, 6) is 7.06. The van der Waals surface area contributed by atoms with Crippen molar-refractivity contribution < 1.29 is 13.9 Å². The highest BCUT2D eigenvalue weighted by Gasteiger charge is 2.22. The Labute approximate surface area is 187 Å². The summed E-state index contributed by atoms with van der Waals surface area (Å²) in [6, 6.07) is 13.4. The van der Waals surface area contributed by atoms with Crippen molar-refractivity contribution in [1.29, 1.82) is 0 Å². The third-order valence-electron chi connectivity index (χ3n) is 5.84. The molecule has 0 unspecified atom stereocenters. The van der Waals surface area contributed by atoms with E-state index >= 15 is 0 Å². The van der Waals surface area contributed by atoms with Crippen molar-refractivity contribution in [2.75, 3.05) is 0 Å². The SMILES string of the molecule is C=O.CCCCc1ccc(C#Cc2ccc(OC3CCC(CCC)CC3)c(F)c2)cc1. The Morgan fingerprint density at radius 2 is 1.58 bits per heavy atom. The molecule has 0 amide bonds. The van der Waals surface area contributed by atoms with E-state index in [-0.39, 0.29) is 11.9 Å². The van der Waals surface area contributed by atoms with E-state index in [4.69, 9.17) is 9.53 Å². The second-order valence-electron chi connectivity index (χ2n) is 8.24. The predicted molar refractivity (Wildman–Crippen MR) is 126 cm³/mol. The Kier molecular flexibility index (Phi) is 10.9. The lowest BCUT2D eigenvalue weighted by atomic mass is 9.85. The van der Waals surface area contributed by atoms with Gasteiger partial charge >= 0.3 is 0 Å². The first-order valence-electron chi connectivity index (χ1n) is 11.5. The standard InChI is InChI=1S/C27H33FO.CH2O/c1-3-5-7-22-8-10-23(11-9-22)12-13-24-16-19-27(26(28)20-24)29-25-17-14-21(6-4-2)15-18-25;1-2/h8-11,16,19-21,25H,3-7,14-15,17-18H2,1-2H3;1H2. The monoisotopic (exact) mass is 422 g/mol. The molecule has 166 valence electrons. The van der Waals surface area contributed by atoms with Crippen LogP contribution in [0.3, 0.4) is 0 Å². The van der Waals surface area contributed by atoms with Crippen LogP contribution in [0.15, 0.2) is 42.5 Å². The second kappa shape index (κ2) is 13.7. The highest BCUT2D eigenvalue weighted by molar-refractivity contribution is 5.45.